The second-order valence-corrected chi connectivity index (χ2v) is 9.88. The van der Waals surface area contributed by atoms with Crippen molar-refractivity contribution in [3.63, 3.8) is 0 Å². The van der Waals surface area contributed by atoms with Crippen LogP contribution in [0, 0.1) is 11.8 Å². The van der Waals surface area contributed by atoms with Crippen LogP contribution in [-0.4, -0.2) is 56.9 Å². The smallest absolute Gasteiger partial charge is 0.254 e. The second kappa shape index (κ2) is 6.40. The van der Waals surface area contributed by atoms with Crippen molar-refractivity contribution in [1.82, 2.24) is 9.21 Å². The molecule has 2 saturated heterocycles. The molecule has 3 aliphatic rings. The van der Waals surface area contributed by atoms with Crippen LogP contribution in [0.2, 0.25) is 0 Å². The number of fused-ring (bicyclic) bond motifs is 2. The minimum atomic E-state index is -3.52. The molecule has 0 aromatic heterocycles. The van der Waals surface area contributed by atoms with Gasteiger partial charge in [-0.2, -0.15) is 4.31 Å². The molecule has 0 saturated carbocycles. The lowest BCUT2D eigenvalue weighted by Gasteiger charge is -2.18. The highest BCUT2D eigenvalue weighted by Gasteiger charge is 2.42. The highest BCUT2D eigenvalue weighted by Crippen LogP contribution is 2.34. The molecular weight excluding hydrogens is 376 g/mol. The lowest BCUT2D eigenvalue weighted by atomic mass is 10.0. The molecule has 0 radical (unpaired) electrons. The van der Waals surface area contributed by atoms with Crippen molar-refractivity contribution in [2.75, 3.05) is 33.4 Å². The number of carbonyl (C=O) groups is 1. The van der Waals surface area contributed by atoms with Crippen molar-refractivity contribution in [1.29, 1.82) is 0 Å². The highest BCUT2D eigenvalue weighted by molar-refractivity contribution is 7.89. The molecular formula is C21H22N2O4S. The molecule has 6 nitrogen and oxygen atoms in total. The zero-order valence-electron chi connectivity index (χ0n) is 15.7. The maximum absolute atomic E-state index is 13.2. The van der Waals surface area contributed by atoms with E-state index in [4.69, 9.17) is 4.74 Å². The molecule has 0 spiro atoms. The van der Waals surface area contributed by atoms with Crippen LogP contribution in [0.3, 0.4) is 0 Å². The van der Waals surface area contributed by atoms with Crippen LogP contribution in [0.25, 0.3) is 11.1 Å². The Bertz CT molecular complexity index is 1050. The first-order valence-electron chi connectivity index (χ1n) is 9.50. The maximum Gasteiger partial charge on any atom is 0.254 e. The van der Waals surface area contributed by atoms with E-state index < -0.39 is 10.0 Å². The minimum Gasteiger partial charge on any atom is -0.381 e. The third-order valence-electron chi connectivity index (χ3n) is 6.10. The third-order valence-corrected chi connectivity index (χ3v) is 7.93. The van der Waals surface area contributed by atoms with E-state index in [1.54, 1.807) is 34.5 Å². The van der Waals surface area contributed by atoms with Gasteiger partial charge < -0.3 is 9.64 Å². The molecule has 7 heteroatoms. The molecule has 0 bridgehead atoms. The highest BCUT2D eigenvalue weighted by atomic mass is 32.2. The number of ether oxygens (including phenoxy) is 1. The summed E-state index contributed by atoms with van der Waals surface area (Å²) >= 11 is 0. The van der Waals surface area contributed by atoms with Crippen LogP contribution in [0.4, 0.5) is 0 Å². The van der Waals surface area contributed by atoms with E-state index in [9.17, 15) is 13.2 Å². The summed E-state index contributed by atoms with van der Waals surface area (Å²) in [5, 5.41) is 0. The Kier molecular flexibility index (Phi) is 4.08. The van der Waals surface area contributed by atoms with E-state index in [-0.39, 0.29) is 5.91 Å². The number of rotatable bonds is 3. The number of hydrogen-bond acceptors (Lipinski definition) is 4. The molecule has 2 fully saturated rings. The largest absolute Gasteiger partial charge is 0.381 e. The van der Waals surface area contributed by atoms with Gasteiger partial charge in [0.25, 0.3) is 5.91 Å². The fraction of sp³-hybridized carbons (Fsp3) is 0.381. The quantitative estimate of drug-likeness (QED) is 0.795. The fourth-order valence-electron chi connectivity index (χ4n) is 4.47. The Balaban J connectivity index is 1.46. The van der Waals surface area contributed by atoms with Crippen LogP contribution in [0.5, 0.6) is 0 Å². The Labute approximate surface area is 164 Å². The van der Waals surface area contributed by atoms with Gasteiger partial charge in [-0.15, -0.1) is 0 Å². The van der Waals surface area contributed by atoms with E-state index in [0.717, 1.165) is 22.3 Å². The van der Waals surface area contributed by atoms with Crippen LogP contribution >= 0.6 is 0 Å². The van der Waals surface area contributed by atoms with Gasteiger partial charge in [0.15, 0.2) is 0 Å². The third kappa shape index (κ3) is 2.77. The Hall–Kier alpha value is -2.22. The molecule has 0 unspecified atom stereocenters. The van der Waals surface area contributed by atoms with E-state index in [1.807, 2.05) is 24.3 Å². The predicted molar refractivity (Wildman–Crippen MR) is 104 cm³/mol. The average Bonchev–Trinajstić information content (AvgIpc) is 3.36. The zero-order chi connectivity index (χ0) is 19.5. The number of carbonyl (C=O) groups excluding carboxylic acids is 1. The molecule has 1 amide bonds. The van der Waals surface area contributed by atoms with E-state index in [2.05, 4.69) is 0 Å². The van der Waals surface area contributed by atoms with Gasteiger partial charge >= 0.3 is 0 Å². The van der Waals surface area contributed by atoms with Gasteiger partial charge in [-0.1, -0.05) is 18.2 Å². The summed E-state index contributed by atoms with van der Waals surface area (Å²) < 4.78 is 33.4. The molecule has 0 N–H and O–H groups in total. The summed E-state index contributed by atoms with van der Waals surface area (Å²) in [6.07, 6.45) is 0. The molecule has 0 aliphatic carbocycles. The van der Waals surface area contributed by atoms with Crippen molar-refractivity contribution in [3.8, 4) is 11.1 Å². The molecule has 3 heterocycles. The number of nitrogens with zero attached hydrogens (tertiary/aromatic N) is 2. The summed E-state index contributed by atoms with van der Waals surface area (Å²) in [4.78, 5) is 14.1. The first kappa shape index (κ1) is 17.8. The van der Waals surface area contributed by atoms with Gasteiger partial charge in [0.05, 0.1) is 18.1 Å². The van der Waals surface area contributed by atoms with Crippen LogP contribution in [-0.2, 0) is 21.3 Å². The van der Waals surface area contributed by atoms with Crippen molar-refractivity contribution >= 4 is 15.9 Å². The second-order valence-electron chi connectivity index (χ2n) is 7.94. The first-order chi connectivity index (χ1) is 13.4. The van der Waals surface area contributed by atoms with Gasteiger partial charge in [0.2, 0.25) is 10.0 Å². The van der Waals surface area contributed by atoms with Crippen molar-refractivity contribution in [2.45, 2.75) is 11.4 Å². The topological polar surface area (TPSA) is 66.9 Å². The van der Waals surface area contributed by atoms with Crippen LogP contribution in [0.15, 0.2) is 47.4 Å². The van der Waals surface area contributed by atoms with E-state index in [0.29, 0.717) is 49.6 Å². The molecule has 5 rings (SSSR count). The zero-order valence-corrected chi connectivity index (χ0v) is 16.5. The molecule has 2 atom stereocenters. The van der Waals surface area contributed by atoms with Gasteiger partial charge in [0, 0.05) is 44.1 Å². The monoisotopic (exact) mass is 398 g/mol. The summed E-state index contributed by atoms with van der Waals surface area (Å²) in [5.74, 6) is 0.648. The van der Waals surface area contributed by atoms with Crippen molar-refractivity contribution in [3.05, 3.63) is 53.6 Å². The molecule has 146 valence electrons. The standard InChI is InChI=1S/C21H22N2O4S/c1-22-9-16-7-15(5-6-20(16)21(22)24)14-3-2-4-19(8-14)28(25,26)23-10-17-12-27-13-18(17)11-23/h2-8,17-18H,9-13H2,1H3/t17-,18+. The lowest BCUT2D eigenvalue weighted by molar-refractivity contribution is 0.0816. The number of sulfonamides is 1. The summed E-state index contributed by atoms with van der Waals surface area (Å²) in [6.45, 7) is 2.95. The predicted octanol–water partition coefficient (Wildman–Crippen LogP) is 2.21. The fourth-order valence-corrected chi connectivity index (χ4v) is 6.07. The molecule has 2 aromatic carbocycles. The minimum absolute atomic E-state index is 0.0291. The van der Waals surface area contributed by atoms with Gasteiger partial charge in [0.1, 0.15) is 0 Å². The van der Waals surface area contributed by atoms with Gasteiger partial charge in [-0.25, -0.2) is 8.42 Å². The average molecular weight is 398 g/mol. The normalized spacial score (nSPS) is 24.6. The van der Waals surface area contributed by atoms with Crippen molar-refractivity contribution < 1.29 is 17.9 Å². The number of hydrogen-bond donors (Lipinski definition) is 0. The summed E-state index contributed by atoms with van der Waals surface area (Å²) in [5.41, 5.74) is 3.46. The molecule has 3 aliphatic heterocycles. The first-order valence-corrected chi connectivity index (χ1v) is 10.9. The summed E-state index contributed by atoms with van der Waals surface area (Å²) in [7, 11) is -1.74. The van der Waals surface area contributed by atoms with Crippen LogP contribution < -0.4 is 0 Å². The Morgan fingerprint density at radius 2 is 1.71 bits per heavy atom. The van der Waals surface area contributed by atoms with E-state index >= 15 is 0 Å². The van der Waals surface area contributed by atoms with E-state index in [1.165, 1.54) is 0 Å². The van der Waals surface area contributed by atoms with Gasteiger partial charge in [-0.3, -0.25) is 4.79 Å². The number of benzene rings is 2. The van der Waals surface area contributed by atoms with Crippen molar-refractivity contribution in [2.24, 2.45) is 11.8 Å². The number of amides is 1. The molecule has 2 aromatic rings. The maximum atomic E-state index is 13.2. The lowest BCUT2D eigenvalue weighted by Crippen LogP contribution is -2.30. The Morgan fingerprint density at radius 1 is 1.00 bits per heavy atom. The molecule has 28 heavy (non-hydrogen) atoms. The SMILES string of the molecule is CN1Cc2cc(-c3cccc(S(=O)(=O)N4C[C@H]5COC[C@H]5C4)c3)ccc2C1=O. The van der Waals surface area contributed by atoms with Crippen LogP contribution in [0.1, 0.15) is 15.9 Å². The Morgan fingerprint density at radius 3 is 2.46 bits per heavy atom. The van der Waals surface area contributed by atoms with Gasteiger partial charge in [-0.05, 0) is 41.0 Å². The summed E-state index contributed by atoms with van der Waals surface area (Å²) in [6, 6.07) is 12.8.